The molecule has 5 rings (SSSR count). The predicted octanol–water partition coefficient (Wildman–Crippen LogP) is 1.96. The number of nitrogens with zero attached hydrogens (tertiary/aromatic N) is 1. The van der Waals surface area contributed by atoms with Crippen LogP contribution in [0.1, 0.15) is 18.4 Å². The molecule has 178 valence electrons. The Morgan fingerprint density at radius 1 is 1.12 bits per heavy atom. The summed E-state index contributed by atoms with van der Waals surface area (Å²) in [6.07, 6.45) is 0.661. The third-order valence-corrected chi connectivity index (χ3v) is 7.37. The third kappa shape index (κ3) is 3.76. The van der Waals surface area contributed by atoms with E-state index in [1.807, 2.05) is 30.3 Å². The molecule has 2 aromatic carbocycles. The molecule has 3 saturated heterocycles. The monoisotopic (exact) mass is 483 g/mol. The molecule has 34 heavy (non-hydrogen) atoms. The van der Waals surface area contributed by atoms with Crippen LogP contribution in [-0.4, -0.2) is 58.6 Å². The molecule has 2 unspecified atom stereocenters. The van der Waals surface area contributed by atoms with Crippen LogP contribution in [0, 0.1) is 11.8 Å². The first-order chi connectivity index (χ1) is 16.4. The SMILES string of the molecule is O=C(Nc1ccc(Cl)cc1)C1N(CCO)C(=O)[C@@H]2[C@@H](C(=O)NCc3ccccc3)[C@H]3CCC12O3. The number of halogens is 1. The average molecular weight is 484 g/mol. The van der Waals surface area contributed by atoms with Crippen LogP contribution in [0.2, 0.25) is 5.02 Å². The summed E-state index contributed by atoms with van der Waals surface area (Å²) in [4.78, 5) is 41.6. The highest BCUT2D eigenvalue weighted by atomic mass is 35.5. The summed E-state index contributed by atoms with van der Waals surface area (Å²) in [6, 6.07) is 15.3. The minimum absolute atomic E-state index is 0.0117. The van der Waals surface area contributed by atoms with E-state index in [9.17, 15) is 19.5 Å². The van der Waals surface area contributed by atoms with Gasteiger partial charge in [-0.25, -0.2) is 0 Å². The quantitative estimate of drug-likeness (QED) is 0.558. The molecule has 3 amide bonds. The van der Waals surface area contributed by atoms with Crippen LogP contribution in [0.4, 0.5) is 5.69 Å². The normalized spacial score (nSPS) is 29.2. The molecule has 5 atom stereocenters. The number of benzene rings is 2. The van der Waals surface area contributed by atoms with E-state index in [0.717, 1.165) is 5.56 Å². The molecule has 9 heteroatoms. The van der Waals surface area contributed by atoms with Gasteiger partial charge in [-0.05, 0) is 42.7 Å². The minimum Gasteiger partial charge on any atom is -0.395 e. The highest BCUT2D eigenvalue weighted by Crippen LogP contribution is 2.58. The molecular formula is C25H26ClN3O5. The number of aliphatic hydroxyl groups excluding tert-OH is 1. The minimum atomic E-state index is -1.10. The molecule has 3 fully saturated rings. The number of β-amino-alcohol motifs (C(OH)–C–C–N with tert-alkyl or cyclic N) is 1. The van der Waals surface area contributed by atoms with Gasteiger partial charge in [-0.2, -0.15) is 0 Å². The number of carbonyl (C=O) groups excluding carboxylic acids is 3. The molecule has 2 aromatic rings. The second kappa shape index (κ2) is 9.02. The molecule has 0 aromatic heterocycles. The molecule has 3 aliphatic heterocycles. The highest BCUT2D eigenvalue weighted by molar-refractivity contribution is 6.30. The maximum absolute atomic E-state index is 13.5. The lowest BCUT2D eigenvalue weighted by Crippen LogP contribution is -2.53. The highest BCUT2D eigenvalue weighted by Gasteiger charge is 2.74. The van der Waals surface area contributed by atoms with Crippen molar-refractivity contribution < 1.29 is 24.2 Å². The van der Waals surface area contributed by atoms with Gasteiger partial charge in [-0.1, -0.05) is 41.9 Å². The summed E-state index contributed by atoms with van der Waals surface area (Å²) >= 11 is 5.94. The van der Waals surface area contributed by atoms with Crippen molar-refractivity contribution in [1.29, 1.82) is 0 Å². The van der Waals surface area contributed by atoms with Gasteiger partial charge in [0.1, 0.15) is 11.6 Å². The van der Waals surface area contributed by atoms with Crippen LogP contribution in [0.3, 0.4) is 0 Å². The molecule has 0 radical (unpaired) electrons. The van der Waals surface area contributed by atoms with Crippen molar-refractivity contribution in [3.63, 3.8) is 0 Å². The number of amides is 3. The number of carbonyl (C=O) groups is 3. The maximum Gasteiger partial charge on any atom is 0.250 e. The summed E-state index contributed by atoms with van der Waals surface area (Å²) < 4.78 is 6.32. The first-order valence-electron chi connectivity index (χ1n) is 11.4. The molecule has 1 spiro atoms. The van der Waals surface area contributed by atoms with Gasteiger partial charge in [-0.15, -0.1) is 0 Å². The van der Waals surface area contributed by atoms with Crippen molar-refractivity contribution in [2.24, 2.45) is 11.8 Å². The fourth-order valence-electron chi connectivity index (χ4n) is 5.75. The molecule has 8 nitrogen and oxygen atoms in total. The lowest BCUT2D eigenvalue weighted by atomic mass is 9.70. The van der Waals surface area contributed by atoms with Crippen molar-refractivity contribution in [2.75, 3.05) is 18.5 Å². The Balaban J connectivity index is 1.40. The van der Waals surface area contributed by atoms with E-state index >= 15 is 0 Å². The van der Waals surface area contributed by atoms with Gasteiger partial charge in [-0.3, -0.25) is 14.4 Å². The number of fused-ring (bicyclic) bond motifs is 1. The lowest BCUT2D eigenvalue weighted by Gasteiger charge is -2.33. The van der Waals surface area contributed by atoms with Crippen LogP contribution in [0.5, 0.6) is 0 Å². The Labute approximate surface area is 202 Å². The van der Waals surface area contributed by atoms with E-state index in [-0.39, 0.29) is 25.0 Å². The van der Waals surface area contributed by atoms with Crippen molar-refractivity contribution in [2.45, 2.75) is 37.1 Å². The molecule has 0 saturated carbocycles. The summed E-state index contributed by atoms with van der Waals surface area (Å²) in [5.74, 6) is -2.43. The van der Waals surface area contributed by atoms with Crippen LogP contribution < -0.4 is 10.6 Å². The topological polar surface area (TPSA) is 108 Å². The number of hydrogen-bond acceptors (Lipinski definition) is 5. The number of rotatable bonds is 7. The van der Waals surface area contributed by atoms with Gasteiger partial charge in [0.25, 0.3) is 0 Å². The number of anilines is 1. The molecular weight excluding hydrogens is 458 g/mol. The second-order valence-corrected chi connectivity index (χ2v) is 9.45. The van der Waals surface area contributed by atoms with Crippen LogP contribution in [-0.2, 0) is 25.7 Å². The first kappa shape index (κ1) is 22.8. The van der Waals surface area contributed by atoms with Crippen LogP contribution in [0.15, 0.2) is 54.6 Å². The molecule has 0 aliphatic carbocycles. The standard InChI is InChI=1S/C25H26ClN3O5/c26-16-6-8-17(9-7-16)28-23(32)21-25-11-10-18(34-25)19(20(25)24(33)29(21)12-13-30)22(31)27-14-15-4-2-1-3-5-15/h1-9,18-21,30H,10-14H2,(H,27,31)(H,28,32)/t18-,19+,20+,21?,25?/m1/s1. The second-order valence-electron chi connectivity index (χ2n) is 9.01. The number of likely N-dealkylation sites (tertiary alicyclic amines) is 1. The van der Waals surface area contributed by atoms with Crippen molar-refractivity contribution in [3.05, 3.63) is 65.2 Å². The number of ether oxygens (including phenoxy) is 1. The van der Waals surface area contributed by atoms with E-state index in [0.29, 0.717) is 30.1 Å². The van der Waals surface area contributed by atoms with Crippen molar-refractivity contribution >= 4 is 35.0 Å². The Kier molecular flexibility index (Phi) is 6.06. The number of nitrogens with one attached hydrogen (secondary N) is 2. The zero-order valence-electron chi connectivity index (χ0n) is 18.4. The van der Waals surface area contributed by atoms with E-state index in [4.69, 9.17) is 16.3 Å². The summed E-state index contributed by atoms with van der Waals surface area (Å²) in [7, 11) is 0. The Morgan fingerprint density at radius 2 is 1.85 bits per heavy atom. The van der Waals surface area contributed by atoms with Gasteiger partial charge < -0.3 is 25.4 Å². The number of aliphatic hydroxyl groups is 1. The molecule has 3 N–H and O–H groups in total. The smallest absolute Gasteiger partial charge is 0.250 e. The van der Waals surface area contributed by atoms with Gasteiger partial charge in [0.05, 0.1) is 24.5 Å². The maximum atomic E-state index is 13.5. The zero-order chi connectivity index (χ0) is 23.9. The first-order valence-corrected chi connectivity index (χ1v) is 11.8. The molecule has 2 bridgehead atoms. The lowest BCUT2D eigenvalue weighted by molar-refractivity contribution is -0.141. The van der Waals surface area contributed by atoms with Crippen molar-refractivity contribution in [3.8, 4) is 0 Å². The molecule has 3 heterocycles. The van der Waals surface area contributed by atoms with Gasteiger partial charge in [0.2, 0.25) is 17.7 Å². The Morgan fingerprint density at radius 3 is 2.56 bits per heavy atom. The summed E-state index contributed by atoms with van der Waals surface area (Å²) in [5.41, 5.74) is 0.396. The van der Waals surface area contributed by atoms with Gasteiger partial charge in [0, 0.05) is 23.8 Å². The largest absolute Gasteiger partial charge is 0.395 e. The van der Waals surface area contributed by atoms with Crippen molar-refractivity contribution in [1.82, 2.24) is 10.2 Å². The van der Waals surface area contributed by atoms with Gasteiger partial charge in [0.15, 0.2) is 0 Å². The zero-order valence-corrected chi connectivity index (χ0v) is 19.2. The Bertz CT molecular complexity index is 1100. The summed E-state index contributed by atoms with van der Waals surface area (Å²) in [5, 5.41) is 15.9. The fourth-order valence-corrected chi connectivity index (χ4v) is 5.87. The summed E-state index contributed by atoms with van der Waals surface area (Å²) in [6.45, 7) is 0.0351. The van der Waals surface area contributed by atoms with Crippen LogP contribution in [0.25, 0.3) is 0 Å². The average Bonchev–Trinajstić information content (AvgIpc) is 3.48. The predicted molar refractivity (Wildman–Crippen MR) is 125 cm³/mol. The van der Waals surface area contributed by atoms with Gasteiger partial charge >= 0.3 is 0 Å². The number of hydrogen-bond donors (Lipinski definition) is 3. The van der Waals surface area contributed by atoms with E-state index in [1.165, 1.54) is 4.90 Å². The van der Waals surface area contributed by atoms with E-state index in [2.05, 4.69) is 10.6 Å². The fraction of sp³-hybridized carbons (Fsp3) is 0.400. The van der Waals surface area contributed by atoms with E-state index < -0.39 is 35.5 Å². The third-order valence-electron chi connectivity index (χ3n) is 7.11. The van der Waals surface area contributed by atoms with E-state index in [1.54, 1.807) is 24.3 Å². The molecule has 3 aliphatic rings. The van der Waals surface area contributed by atoms with Crippen LogP contribution >= 0.6 is 11.6 Å². The Hall–Kier alpha value is -2.94.